The summed E-state index contributed by atoms with van der Waals surface area (Å²) in [7, 11) is -3.73. The van der Waals surface area contributed by atoms with E-state index in [1.807, 2.05) is 0 Å². The number of carbonyl (C=O) groups is 1. The van der Waals surface area contributed by atoms with Gasteiger partial charge in [0.05, 0.1) is 11.9 Å². The Bertz CT molecular complexity index is 901. The van der Waals surface area contributed by atoms with E-state index in [4.69, 9.17) is 0 Å². The second kappa shape index (κ2) is 8.17. The molecule has 0 unspecified atom stereocenters. The lowest BCUT2D eigenvalue weighted by atomic mass is 10.3. The first-order chi connectivity index (χ1) is 12.4. The molecule has 0 aliphatic rings. The zero-order chi connectivity index (χ0) is 20.2. The normalized spacial score (nSPS) is 11.7. The number of hydrogen-bond donors (Lipinski definition) is 1. The summed E-state index contributed by atoms with van der Waals surface area (Å²) in [6, 6.07) is 10.8. The fraction of sp³-hybridized carbons (Fsp3) is 0.188. The van der Waals surface area contributed by atoms with Crippen LogP contribution in [-0.4, -0.2) is 33.5 Å². The van der Waals surface area contributed by atoms with Crippen molar-refractivity contribution in [1.82, 2.24) is 0 Å². The van der Waals surface area contributed by atoms with Crippen LogP contribution in [0.25, 0.3) is 0 Å². The van der Waals surface area contributed by atoms with Crippen LogP contribution in [0.5, 0.6) is 5.75 Å². The first-order valence-electron chi connectivity index (χ1n) is 7.33. The molecule has 27 heavy (non-hydrogen) atoms. The van der Waals surface area contributed by atoms with Crippen LogP contribution in [0.3, 0.4) is 0 Å². The second-order valence-electron chi connectivity index (χ2n) is 5.37. The van der Waals surface area contributed by atoms with Gasteiger partial charge in [-0.3, -0.25) is 9.10 Å². The molecule has 1 N–H and O–H groups in total. The molecular formula is C16H14BrF3N2O4S. The third-order valence-corrected chi connectivity index (χ3v) is 4.84. The molecule has 0 heterocycles. The summed E-state index contributed by atoms with van der Waals surface area (Å²) in [5.41, 5.74) is 0.489. The number of ether oxygens (including phenoxy) is 1. The third kappa shape index (κ3) is 6.75. The zero-order valence-electron chi connectivity index (χ0n) is 13.8. The first kappa shape index (κ1) is 21.0. The van der Waals surface area contributed by atoms with Gasteiger partial charge in [-0.05, 0) is 48.5 Å². The molecule has 6 nitrogen and oxygen atoms in total. The van der Waals surface area contributed by atoms with Crippen LogP contribution < -0.4 is 14.4 Å². The number of benzene rings is 2. The average molecular weight is 467 g/mol. The van der Waals surface area contributed by atoms with Crippen molar-refractivity contribution in [2.24, 2.45) is 0 Å². The minimum Gasteiger partial charge on any atom is -0.406 e. The van der Waals surface area contributed by atoms with Crippen molar-refractivity contribution in [3.05, 3.63) is 53.0 Å². The van der Waals surface area contributed by atoms with Gasteiger partial charge in [0.25, 0.3) is 0 Å². The minimum atomic E-state index is -4.81. The van der Waals surface area contributed by atoms with Crippen LogP contribution in [-0.2, 0) is 14.8 Å². The fourth-order valence-corrected chi connectivity index (χ4v) is 3.20. The number of anilines is 2. The third-order valence-electron chi connectivity index (χ3n) is 3.17. The van der Waals surface area contributed by atoms with E-state index in [0.717, 1.165) is 27.2 Å². The van der Waals surface area contributed by atoms with Crippen molar-refractivity contribution in [2.75, 3.05) is 22.4 Å². The van der Waals surface area contributed by atoms with Crippen LogP contribution >= 0.6 is 15.9 Å². The molecule has 0 spiro atoms. The quantitative estimate of drug-likeness (QED) is 0.703. The first-order valence-corrected chi connectivity index (χ1v) is 9.97. The molecule has 0 atom stereocenters. The molecule has 0 radical (unpaired) electrons. The Morgan fingerprint density at radius 3 is 2.15 bits per heavy atom. The fourth-order valence-electron chi connectivity index (χ4n) is 2.08. The standard InChI is InChI=1S/C16H14BrF3N2O4S/c1-27(24,25)22(13-6-2-11(17)3-7-13)10-15(23)21-12-4-8-14(9-5-12)26-16(18,19)20/h2-9H,10H2,1H3,(H,21,23). The summed E-state index contributed by atoms with van der Waals surface area (Å²) in [5.74, 6) is -1.10. The summed E-state index contributed by atoms with van der Waals surface area (Å²) >= 11 is 3.24. The molecular weight excluding hydrogens is 453 g/mol. The number of amides is 1. The van der Waals surface area contributed by atoms with Gasteiger partial charge in [-0.1, -0.05) is 15.9 Å². The molecule has 2 aromatic rings. The van der Waals surface area contributed by atoms with E-state index in [-0.39, 0.29) is 5.69 Å². The Labute approximate surface area is 162 Å². The van der Waals surface area contributed by atoms with E-state index in [1.54, 1.807) is 12.1 Å². The van der Waals surface area contributed by atoms with Crippen LogP contribution in [0, 0.1) is 0 Å². The van der Waals surface area contributed by atoms with Crippen molar-refractivity contribution in [1.29, 1.82) is 0 Å². The van der Waals surface area contributed by atoms with E-state index in [0.29, 0.717) is 5.69 Å². The number of nitrogens with zero attached hydrogens (tertiary/aromatic N) is 1. The number of nitrogens with one attached hydrogen (secondary N) is 1. The molecule has 0 saturated carbocycles. The van der Waals surface area contributed by atoms with Gasteiger partial charge in [0, 0.05) is 10.2 Å². The lowest BCUT2D eigenvalue weighted by molar-refractivity contribution is -0.274. The van der Waals surface area contributed by atoms with E-state index in [9.17, 15) is 26.4 Å². The van der Waals surface area contributed by atoms with Crippen molar-refractivity contribution >= 4 is 43.2 Å². The van der Waals surface area contributed by atoms with Gasteiger partial charge in [0.15, 0.2) is 0 Å². The maximum absolute atomic E-state index is 12.2. The van der Waals surface area contributed by atoms with E-state index in [1.165, 1.54) is 24.3 Å². The lowest BCUT2D eigenvalue weighted by Gasteiger charge is -2.22. The van der Waals surface area contributed by atoms with Gasteiger partial charge in [-0.25, -0.2) is 8.42 Å². The smallest absolute Gasteiger partial charge is 0.406 e. The largest absolute Gasteiger partial charge is 0.573 e. The van der Waals surface area contributed by atoms with Crippen LogP contribution in [0.1, 0.15) is 0 Å². The lowest BCUT2D eigenvalue weighted by Crippen LogP contribution is -2.37. The highest BCUT2D eigenvalue weighted by atomic mass is 79.9. The van der Waals surface area contributed by atoms with Gasteiger partial charge >= 0.3 is 6.36 Å². The number of rotatable bonds is 6. The Morgan fingerprint density at radius 2 is 1.67 bits per heavy atom. The molecule has 0 aliphatic heterocycles. The van der Waals surface area contributed by atoms with Gasteiger partial charge in [0.2, 0.25) is 15.9 Å². The number of hydrogen-bond acceptors (Lipinski definition) is 4. The highest BCUT2D eigenvalue weighted by molar-refractivity contribution is 9.10. The Balaban J connectivity index is 2.09. The van der Waals surface area contributed by atoms with Gasteiger partial charge in [-0.2, -0.15) is 0 Å². The minimum absolute atomic E-state index is 0.193. The summed E-state index contributed by atoms with van der Waals surface area (Å²) in [6.45, 7) is -0.499. The number of carbonyl (C=O) groups excluding carboxylic acids is 1. The zero-order valence-corrected chi connectivity index (χ0v) is 16.2. The molecule has 11 heteroatoms. The van der Waals surface area contributed by atoms with E-state index < -0.39 is 34.6 Å². The van der Waals surface area contributed by atoms with Crippen molar-refractivity contribution < 1.29 is 31.1 Å². The second-order valence-corrected chi connectivity index (χ2v) is 8.19. The predicted octanol–water partition coefficient (Wildman–Crippen LogP) is 3.75. The Kier molecular flexibility index (Phi) is 6.37. The van der Waals surface area contributed by atoms with Crippen molar-refractivity contribution in [2.45, 2.75) is 6.36 Å². The van der Waals surface area contributed by atoms with E-state index >= 15 is 0 Å². The number of alkyl halides is 3. The molecule has 146 valence electrons. The maximum atomic E-state index is 12.2. The van der Waals surface area contributed by atoms with Crippen molar-refractivity contribution in [3.63, 3.8) is 0 Å². The molecule has 0 aromatic heterocycles. The van der Waals surface area contributed by atoms with Gasteiger partial charge < -0.3 is 10.1 Å². The van der Waals surface area contributed by atoms with Crippen LogP contribution in [0.2, 0.25) is 0 Å². The Morgan fingerprint density at radius 1 is 1.11 bits per heavy atom. The highest BCUT2D eigenvalue weighted by Crippen LogP contribution is 2.24. The van der Waals surface area contributed by atoms with Gasteiger partial charge in [0.1, 0.15) is 12.3 Å². The number of sulfonamides is 1. The predicted molar refractivity (Wildman–Crippen MR) is 98.1 cm³/mol. The highest BCUT2D eigenvalue weighted by Gasteiger charge is 2.31. The topological polar surface area (TPSA) is 75.7 Å². The average Bonchev–Trinajstić information content (AvgIpc) is 2.53. The summed E-state index contributed by atoms with van der Waals surface area (Å²) < 4.78 is 65.8. The van der Waals surface area contributed by atoms with Crippen LogP contribution in [0.15, 0.2) is 53.0 Å². The van der Waals surface area contributed by atoms with Gasteiger partial charge in [-0.15, -0.1) is 13.2 Å². The summed E-state index contributed by atoms with van der Waals surface area (Å²) in [4.78, 5) is 12.2. The molecule has 0 saturated heterocycles. The van der Waals surface area contributed by atoms with Crippen LogP contribution in [0.4, 0.5) is 24.5 Å². The number of halogens is 4. The molecule has 0 fully saturated rings. The Hall–Kier alpha value is -2.27. The molecule has 0 bridgehead atoms. The molecule has 2 rings (SSSR count). The monoisotopic (exact) mass is 466 g/mol. The molecule has 0 aliphatic carbocycles. The summed E-state index contributed by atoms with van der Waals surface area (Å²) in [5, 5.41) is 2.42. The molecule has 1 amide bonds. The maximum Gasteiger partial charge on any atom is 0.573 e. The van der Waals surface area contributed by atoms with Crippen molar-refractivity contribution in [3.8, 4) is 5.75 Å². The van der Waals surface area contributed by atoms with E-state index in [2.05, 4.69) is 26.0 Å². The molecule has 2 aromatic carbocycles. The summed E-state index contributed by atoms with van der Waals surface area (Å²) in [6.07, 6.45) is -3.85. The SMILES string of the molecule is CS(=O)(=O)N(CC(=O)Nc1ccc(OC(F)(F)F)cc1)c1ccc(Br)cc1.